The van der Waals surface area contributed by atoms with E-state index in [1.807, 2.05) is 37.3 Å². The zero-order valence-electron chi connectivity index (χ0n) is 25.3. The summed E-state index contributed by atoms with van der Waals surface area (Å²) in [6, 6.07) is 19.4. The molecular formula is C33H40N4O5S. The molecule has 1 fully saturated rings. The minimum Gasteiger partial charge on any atom is -0.493 e. The van der Waals surface area contributed by atoms with E-state index in [0.29, 0.717) is 40.6 Å². The lowest BCUT2D eigenvalue weighted by Crippen LogP contribution is -2.45. The quantitative estimate of drug-likeness (QED) is 0.228. The summed E-state index contributed by atoms with van der Waals surface area (Å²) in [6.45, 7) is 8.02. The molecule has 1 aromatic heterocycles. The highest BCUT2D eigenvalue weighted by molar-refractivity contribution is 7.89. The molecule has 9 nitrogen and oxygen atoms in total. The van der Waals surface area contributed by atoms with Crippen LogP contribution >= 0.6 is 0 Å². The Balaban J connectivity index is 1.18. The molecule has 4 aromatic rings. The molecular weight excluding hydrogens is 564 g/mol. The van der Waals surface area contributed by atoms with Gasteiger partial charge in [0.25, 0.3) is 0 Å². The number of pyridine rings is 1. The van der Waals surface area contributed by atoms with Crippen molar-refractivity contribution in [3.05, 3.63) is 89.7 Å². The van der Waals surface area contributed by atoms with Gasteiger partial charge in [0, 0.05) is 81.1 Å². The monoisotopic (exact) mass is 604 g/mol. The van der Waals surface area contributed by atoms with Gasteiger partial charge < -0.3 is 14.2 Å². The molecule has 10 heteroatoms. The molecule has 0 unspecified atom stereocenters. The van der Waals surface area contributed by atoms with E-state index >= 15 is 0 Å². The molecule has 0 bridgehead atoms. The number of fused-ring (bicyclic) bond motifs is 1. The van der Waals surface area contributed by atoms with Crippen LogP contribution in [0.4, 0.5) is 0 Å². The summed E-state index contributed by atoms with van der Waals surface area (Å²) in [5.74, 6) is 1.99. The molecule has 1 aliphatic rings. The standard InChI is InChI=1S/C33H40N4O5S/c1-5-37(43(38,39)31-8-6-7-27-21-34-16-15-29(27)31)23-26-11-9-25(10-12-26)22-35-17-19-36(20-18-35)24-28-13-14-30(40-2)33(42-4)32(28)41-3/h6-16,21H,5,17-20,22-24H2,1-4H3. The van der Waals surface area contributed by atoms with Crippen molar-refractivity contribution >= 4 is 20.8 Å². The van der Waals surface area contributed by atoms with Gasteiger partial charge in [-0.05, 0) is 29.3 Å². The Labute approximate surface area is 254 Å². The molecule has 1 saturated heterocycles. The largest absolute Gasteiger partial charge is 0.493 e. The fraction of sp³-hybridized carbons (Fsp3) is 0.364. The van der Waals surface area contributed by atoms with Crippen molar-refractivity contribution in [1.29, 1.82) is 0 Å². The Morgan fingerprint density at radius 2 is 1.47 bits per heavy atom. The van der Waals surface area contributed by atoms with Crippen LogP contribution in [-0.4, -0.2) is 81.6 Å². The Hall–Kier alpha value is -3.70. The topological polar surface area (TPSA) is 84.4 Å². The van der Waals surface area contributed by atoms with Gasteiger partial charge in [0.15, 0.2) is 11.5 Å². The molecule has 43 heavy (non-hydrogen) atoms. The van der Waals surface area contributed by atoms with Crippen LogP contribution in [0.25, 0.3) is 10.8 Å². The van der Waals surface area contributed by atoms with Crippen LogP contribution in [0, 0.1) is 0 Å². The van der Waals surface area contributed by atoms with Gasteiger partial charge in [-0.15, -0.1) is 0 Å². The Bertz CT molecular complexity index is 1630. The minimum atomic E-state index is -3.68. The van der Waals surface area contributed by atoms with E-state index in [9.17, 15) is 8.42 Å². The van der Waals surface area contributed by atoms with Gasteiger partial charge in [0.1, 0.15) is 0 Å². The zero-order chi connectivity index (χ0) is 30.4. The maximum absolute atomic E-state index is 13.6. The van der Waals surface area contributed by atoms with E-state index in [0.717, 1.165) is 55.8 Å². The normalized spacial score (nSPS) is 14.7. The van der Waals surface area contributed by atoms with Crippen molar-refractivity contribution in [2.75, 3.05) is 54.1 Å². The Kier molecular flexibility index (Phi) is 9.82. The van der Waals surface area contributed by atoms with Crippen LogP contribution in [0.15, 0.2) is 78.0 Å². The van der Waals surface area contributed by atoms with Crippen LogP contribution in [-0.2, 0) is 29.7 Å². The predicted molar refractivity (Wildman–Crippen MR) is 168 cm³/mol. The van der Waals surface area contributed by atoms with Crippen molar-refractivity contribution in [2.24, 2.45) is 0 Å². The highest BCUT2D eigenvalue weighted by Gasteiger charge is 2.26. The zero-order valence-corrected chi connectivity index (χ0v) is 26.1. The molecule has 5 rings (SSSR count). The molecule has 0 aliphatic carbocycles. The molecule has 0 N–H and O–H groups in total. The van der Waals surface area contributed by atoms with Crippen molar-refractivity contribution in [2.45, 2.75) is 31.5 Å². The number of hydrogen-bond acceptors (Lipinski definition) is 8. The average Bonchev–Trinajstić information content (AvgIpc) is 3.04. The second-order valence-corrected chi connectivity index (χ2v) is 12.6. The molecule has 228 valence electrons. The second-order valence-electron chi connectivity index (χ2n) is 10.6. The van der Waals surface area contributed by atoms with E-state index in [4.69, 9.17) is 14.2 Å². The molecule has 2 heterocycles. The fourth-order valence-corrected chi connectivity index (χ4v) is 7.32. The molecule has 1 aliphatic heterocycles. The Morgan fingerprint density at radius 1 is 0.791 bits per heavy atom. The third-order valence-electron chi connectivity index (χ3n) is 8.04. The summed E-state index contributed by atoms with van der Waals surface area (Å²) < 4.78 is 45.4. The lowest BCUT2D eigenvalue weighted by atomic mass is 10.1. The maximum Gasteiger partial charge on any atom is 0.243 e. The molecule has 3 aromatic carbocycles. The summed E-state index contributed by atoms with van der Waals surface area (Å²) in [5.41, 5.74) is 3.25. The van der Waals surface area contributed by atoms with E-state index in [-0.39, 0.29) is 0 Å². The van der Waals surface area contributed by atoms with Crippen molar-refractivity contribution in [3.63, 3.8) is 0 Å². The van der Waals surface area contributed by atoms with Crippen LogP contribution in [0.3, 0.4) is 0 Å². The first kappa shape index (κ1) is 30.7. The van der Waals surface area contributed by atoms with Crippen molar-refractivity contribution < 1.29 is 22.6 Å². The van der Waals surface area contributed by atoms with E-state index in [1.165, 1.54) is 9.87 Å². The number of rotatable bonds is 12. The number of aromatic nitrogens is 1. The number of sulfonamides is 1. The number of piperazine rings is 1. The predicted octanol–water partition coefficient (Wildman–Crippen LogP) is 4.79. The minimum absolute atomic E-state index is 0.314. The first-order valence-electron chi connectivity index (χ1n) is 14.5. The van der Waals surface area contributed by atoms with Gasteiger partial charge in [-0.3, -0.25) is 14.8 Å². The summed E-state index contributed by atoms with van der Waals surface area (Å²) in [6.07, 6.45) is 3.32. The van der Waals surface area contributed by atoms with E-state index in [1.54, 1.807) is 51.9 Å². The van der Waals surface area contributed by atoms with Crippen LogP contribution in [0.5, 0.6) is 17.2 Å². The van der Waals surface area contributed by atoms with Crippen LogP contribution < -0.4 is 14.2 Å². The van der Waals surface area contributed by atoms with E-state index < -0.39 is 10.0 Å². The molecule has 0 atom stereocenters. The van der Waals surface area contributed by atoms with Crippen molar-refractivity contribution in [1.82, 2.24) is 19.1 Å². The second kappa shape index (κ2) is 13.7. The van der Waals surface area contributed by atoms with Gasteiger partial charge in [-0.1, -0.05) is 49.4 Å². The lowest BCUT2D eigenvalue weighted by Gasteiger charge is -2.35. The summed E-state index contributed by atoms with van der Waals surface area (Å²) in [7, 11) is 1.23. The number of hydrogen-bond donors (Lipinski definition) is 0. The SMILES string of the molecule is CCN(Cc1ccc(CN2CCN(Cc3ccc(OC)c(OC)c3OC)CC2)cc1)S(=O)(=O)c1cccc2cnccc12. The van der Waals surface area contributed by atoms with E-state index in [2.05, 4.69) is 26.9 Å². The van der Waals surface area contributed by atoms with Crippen molar-refractivity contribution in [3.8, 4) is 17.2 Å². The smallest absolute Gasteiger partial charge is 0.243 e. The van der Waals surface area contributed by atoms with Crippen LogP contribution in [0.2, 0.25) is 0 Å². The first-order chi connectivity index (χ1) is 20.9. The molecule has 0 spiro atoms. The molecule has 0 amide bonds. The highest BCUT2D eigenvalue weighted by Crippen LogP contribution is 2.40. The van der Waals surface area contributed by atoms with Gasteiger partial charge in [0.05, 0.1) is 26.2 Å². The average molecular weight is 605 g/mol. The van der Waals surface area contributed by atoms with Gasteiger partial charge >= 0.3 is 0 Å². The number of nitrogens with zero attached hydrogens (tertiary/aromatic N) is 4. The highest BCUT2D eigenvalue weighted by atomic mass is 32.2. The molecule has 0 saturated carbocycles. The maximum atomic E-state index is 13.6. The van der Waals surface area contributed by atoms with Gasteiger partial charge in [0.2, 0.25) is 15.8 Å². The number of benzene rings is 3. The van der Waals surface area contributed by atoms with Gasteiger partial charge in [-0.25, -0.2) is 8.42 Å². The summed E-state index contributed by atoms with van der Waals surface area (Å²) in [4.78, 5) is 9.32. The number of ether oxygens (including phenoxy) is 3. The third kappa shape index (κ3) is 6.78. The summed E-state index contributed by atoms with van der Waals surface area (Å²) >= 11 is 0. The first-order valence-corrected chi connectivity index (χ1v) is 15.9. The summed E-state index contributed by atoms with van der Waals surface area (Å²) in [5, 5.41) is 1.50. The number of methoxy groups -OCH3 is 3. The lowest BCUT2D eigenvalue weighted by molar-refractivity contribution is 0.121. The van der Waals surface area contributed by atoms with Crippen LogP contribution in [0.1, 0.15) is 23.6 Å². The molecule has 0 radical (unpaired) electrons. The third-order valence-corrected chi connectivity index (χ3v) is 10.0. The fourth-order valence-electron chi connectivity index (χ4n) is 5.67. The Morgan fingerprint density at radius 3 is 2.12 bits per heavy atom. The van der Waals surface area contributed by atoms with Gasteiger partial charge in [-0.2, -0.15) is 4.31 Å².